The average Bonchev–Trinajstić information content (AvgIpc) is 1.95. The van der Waals surface area contributed by atoms with Gasteiger partial charge in [-0.1, -0.05) is 13.8 Å². The van der Waals surface area contributed by atoms with Crippen molar-refractivity contribution in [2.75, 3.05) is 11.5 Å². The molecular weight excluding hydrogens is 182 g/mol. The number of hydrogen-bond donors (Lipinski definition) is 1. The standard InChI is InChI=1S/C8H14F2OS/c1-7(2)3-4-12-5-8(7,11)6(9)10/h6,11H,3-5H2,1-2H3. The summed E-state index contributed by atoms with van der Waals surface area (Å²) < 4.78 is 25.1. The van der Waals surface area contributed by atoms with Gasteiger partial charge in [-0.2, -0.15) is 11.8 Å². The molecule has 0 aromatic carbocycles. The fraction of sp³-hybridized carbons (Fsp3) is 1.00. The summed E-state index contributed by atoms with van der Waals surface area (Å²) in [4.78, 5) is 0. The van der Waals surface area contributed by atoms with Gasteiger partial charge in [0.15, 0.2) is 0 Å². The lowest BCUT2D eigenvalue weighted by atomic mass is 9.73. The van der Waals surface area contributed by atoms with Gasteiger partial charge in [-0.3, -0.25) is 0 Å². The van der Waals surface area contributed by atoms with E-state index >= 15 is 0 Å². The molecule has 0 aliphatic carbocycles. The van der Waals surface area contributed by atoms with Crippen LogP contribution < -0.4 is 0 Å². The van der Waals surface area contributed by atoms with Crippen LogP contribution in [0.25, 0.3) is 0 Å². The maximum atomic E-state index is 12.5. The van der Waals surface area contributed by atoms with Crippen molar-refractivity contribution in [1.82, 2.24) is 0 Å². The van der Waals surface area contributed by atoms with Crippen molar-refractivity contribution in [3.05, 3.63) is 0 Å². The number of rotatable bonds is 1. The first-order valence-corrected chi connectivity index (χ1v) is 5.14. The molecule has 1 unspecified atom stereocenters. The second kappa shape index (κ2) is 3.14. The largest absolute Gasteiger partial charge is 0.382 e. The van der Waals surface area contributed by atoms with Crippen LogP contribution in [0.1, 0.15) is 20.3 Å². The summed E-state index contributed by atoms with van der Waals surface area (Å²) >= 11 is 1.40. The molecule has 1 atom stereocenters. The molecule has 1 aliphatic rings. The topological polar surface area (TPSA) is 20.2 Å². The molecule has 0 radical (unpaired) electrons. The zero-order valence-electron chi connectivity index (χ0n) is 7.31. The summed E-state index contributed by atoms with van der Waals surface area (Å²) in [6, 6.07) is 0. The fourth-order valence-electron chi connectivity index (χ4n) is 1.33. The van der Waals surface area contributed by atoms with Gasteiger partial charge >= 0.3 is 0 Å². The summed E-state index contributed by atoms with van der Waals surface area (Å²) in [5.41, 5.74) is -2.46. The van der Waals surface area contributed by atoms with E-state index in [0.717, 1.165) is 5.75 Å². The molecular formula is C8H14F2OS. The highest BCUT2D eigenvalue weighted by atomic mass is 32.2. The Morgan fingerprint density at radius 1 is 1.42 bits per heavy atom. The second-order valence-electron chi connectivity index (χ2n) is 3.91. The monoisotopic (exact) mass is 196 g/mol. The van der Waals surface area contributed by atoms with Gasteiger partial charge in [0, 0.05) is 11.2 Å². The van der Waals surface area contributed by atoms with E-state index in [4.69, 9.17) is 0 Å². The van der Waals surface area contributed by atoms with Crippen molar-refractivity contribution in [3.63, 3.8) is 0 Å². The van der Waals surface area contributed by atoms with E-state index in [2.05, 4.69) is 0 Å². The minimum absolute atomic E-state index is 0.150. The molecule has 1 heterocycles. The van der Waals surface area contributed by atoms with Crippen molar-refractivity contribution in [3.8, 4) is 0 Å². The highest BCUT2D eigenvalue weighted by Crippen LogP contribution is 2.45. The van der Waals surface area contributed by atoms with Crippen LogP contribution in [0.4, 0.5) is 8.78 Å². The number of alkyl halides is 2. The maximum Gasteiger partial charge on any atom is 0.268 e. The molecule has 0 bridgehead atoms. The Morgan fingerprint density at radius 2 is 2.00 bits per heavy atom. The van der Waals surface area contributed by atoms with E-state index in [1.54, 1.807) is 13.8 Å². The highest BCUT2D eigenvalue weighted by Gasteiger charge is 2.52. The van der Waals surface area contributed by atoms with Crippen molar-refractivity contribution < 1.29 is 13.9 Å². The van der Waals surface area contributed by atoms with E-state index in [1.165, 1.54) is 11.8 Å². The van der Waals surface area contributed by atoms with Crippen LogP contribution in [0.3, 0.4) is 0 Å². The predicted octanol–water partition coefficient (Wildman–Crippen LogP) is 2.15. The molecule has 4 heteroatoms. The number of hydrogen-bond acceptors (Lipinski definition) is 2. The molecule has 1 fully saturated rings. The van der Waals surface area contributed by atoms with E-state index in [-0.39, 0.29) is 5.75 Å². The van der Waals surface area contributed by atoms with Crippen LogP contribution in [0.15, 0.2) is 0 Å². The van der Waals surface area contributed by atoms with Gasteiger partial charge in [-0.15, -0.1) is 0 Å². The third-order valence-electron chi connectivity index (χ3n) is 2.73. The molecule has 0 aromatic rings. The Bertz CT molecular complexity index is 172. The van der Waals surface area contributed by atoms with E-state index < -0.39 is 17.4 Å². The zero-order valence-corrected chi connectivity index (χ0v) is 8.13. The third kappa shape index (κ3) is 1.46. The summed E-state index contributed by atoms with van der Waals surface area (Å²) in [5.74, 6) is 1.01. The molecule has 0 spiro atoms. The molecule has 1 aliphatic heterocycles. The average molecular weight is 196 g/mol. The van der Waals surface area contributed by atoms with Gasteiger partial charge in [-0.05, 0) is 12.2 Å². The molecule has 1 N–H and O–H groups in total. The fourth-order valence-corrected chi connectivity index (χ4v) is 2.95. The molecule has 0 saturated carbocycles. The Balaban J connectivity index is 2.84. The van der Waals surface area contributed by atoms with Crippen LogP contribution in [0.2, 0.25) is 0 Å². The Morgan fingerprint density at radius 3 is 2.33 bits per heavy atom. The predicted molar refractivity (Wildman–Crippen MR) is 46.7 cm³/mol. The first kappa shape index (κ1) is 10.3. The van der Waals surface area contributed by atoms with Crippen LogP contribution in [-0.2, 0) is 0 Å². The number of halogens is 2. The van der Waals surface area contributed by atoms with Gasteiger partial charge in [0.2, 0.25) is 0 Å². The molecule has 1 nitrogen and oxygen atoms in total. The van der Waals surface area contributed by atoms with Crippen molar-refractivity contribution >= 4 is 11.8 Å². The smallest absolute Gasteiger partial charge is 0.268 e. The molecule has 12 heavy (non-hydrogen) atoms. The van der Waals surface area contributed by atoms with Gasteiger partial charge in [0.25, 0.3) is 6.43 Å². The van der Waals surface area contributed by atoms with Gasteiger partial charge < -0.3 is 5.11 Å². The number of aliphatic hydroxyl groups is 1. The molecule has 72 valence electrons. The van der Waals surface area contributed by atoms with Crippen molar-refractivity contribution in [2.45, 2.75) is 32.3 Å². The quantitative estimate of drug-likeness (QED) is 0.693. The lowest BCUT2D eigenvalue weighted by Crippen LogP contribution is -2.55. The Kier molecular flexibility index (Phi) is 2.69. The van der Waals surface area contributed by atoms with Crippen LogP contribution in [0.5, 0.6) is 0 Å². The van der Waals surface area contributed by atoms with E-state index in [9.17, 15) is 13.9 Å². The zero-order chi connectivity index (χ0) is 9.41. The summed E-state index contributed by atoms with van der Waals surface area (Å²) in [5, 5.41) is 9.71. The summed E-state index contributed by atoms with van der Waals surface area (Å²) in [6.45, 7) is 3.41. The Hall–Kier alpha value is 0.170. The molecule has 0 aromatic heterocycles. The van der Waals surface area contributed by atoms with Gasteiger partial charge in [-0.25, -0.2) is 8.78 Å². The van der Waals surface area contributed by atoms with Crippen molar-refractivity contribution in [2.24, 2.45) is 5.41 Å². The minimum atomic E-state index is -2.64. The van der Waals surface area contributed by atoms with Gasteiger partial charge in [0.05, 0.1) is 0 Å². The maximum absolute atomic E-state index is 12.5. The normalized spacial score (nSPS) is 35.5. The van der Waals surface area contributed by atoms with Crippen LogP contribution >= 0.6 is 11.8 Å². The van der Waals surface area contributed by atoms with Crippen molar-refractivity contribution in [1.29, 1.82) is 0 Å². The molecule has 0 amide bonds. The first-order chi connectivity index (χ1) is 5.40. The number of thioether (sulfide) groups is 1. The Labute approximate surface area is 75.5 Å². The SMILES string of the molecule is CC1(C)CCSCC1(O)C(F)F. The van der Waals surface area contributed by atoms with Crippen LogP contribution in [-0.4, -0.2) is 28.6 Å². The van der Waals surface area contributed by atoms with E-state index in [1.807, 2.05) is 0 Å². The molecule has 1 saturated heterocycles. The second-order valence-corrected chi connectivity index (χ2v) is 5.02. The third-order valence-corrected chi connectivity index (χ3v) is 3.86. The summed E-state index contributed by atoms with van der Waals surface area (Å²) in [6.07, 6.45) is -1.99. The highest BCUT2D eigenvalue weighted by molar-refractivity contribution is 7.99. The lowest BCUT2D eigenvalue weighted by molar-refractivity contribution is -0.151. The summed E-state index contributed by atoms with van der Waals surface area (Å²) in [7, 11) is 0. The lowest BCUT2D eigenvalue weighted by Gasteiger charge is -2.45. The minimum Gasteiger partial charge on any atom is -0.382 e. The van der Waals surface area contributed by atoms with E-state index in [0.29, 0.717) is 6.42 Å². The first-order valence-electron chi connectivity index (χ1n) is 3.98. The van der Waals surface area contributed by atoms with Gasteiger partial charge in [0.1, 0.15) is 5.60 Å². The van der Waals surface area contributed by atoms with Crippen LogP contribution in [0, 0.1) is 5.41 Å². The molecule has 1 rings (SSSR count).